The van der Waals surface area contributed by atoms with Crippen LogP contribution in [0.1, 0.15) is 27.6 Å². The van der Waals surface area contributed by atoms with Gasteiger partial charge >= 0.3 is 0 Å². The molecule has 1 unspecified atom stereocenters. The first-order valence-corrected chi connectivity index (χ1v) is 11.5. The van der Waals surface area contributed by atoms with E-state index in [1.54, 1.807) is 47.4 Å². The van der Waals surface area contributed by atoms with Crippen LogP contribution in [-0.4, -0.2) is 54.3 Å². The number of hydrogen-bond acceptors (Lipinski definition) is 6. The lowest BCUT2D eigenvalue weighted by Crippen LogP contribution is -2.45. The lowest BCUT2D eigenvalue weighted by molar-refractivity contribution is -0.121. The molecule has 9 heteroatoms. The first-order chi connectivity index (χ1) is 17.4. The summed E-state index contributed by atoms with van der Waals surface area (Å²) in [6.07, 6.45) is 0. The minimum Gasteiger partial charge on any atom is -0.492 e. The smallest absolute Gasteiger partial charge is 0.265 e. The van der Waals surface area contributed by atoms with Crippen LogP contribution in [0.15, 0.2) is 72.8 Å². The number of benzene rings is 3. The molecular weight excluding hydrogens is 462 g/mol. The number of fused-ring (bicyclic) bond motifs is 2. The summed E-state index contributed by atoms with van der Waals surface area (Å²) in [6.45, 7) is 1.95. The maximum absolute atomic E-state index is 13.0. The number of nitrogens with zero attached hydrogens (tertiary/aromatic N) is 2. The number of carbonyl (C=O) groups excluding carboxylic acids is 4. The third kappa shape index (κ3) is 4.26. The largest absolute Gasteiger partial charge is 0.492 e. The first kappa shape index (κ1) is 23.1. The summed E-state index contributed by atoms with van der Waals surface area (Å²) in [6, 6.07) is 19.6. The molecule has 0 saturated carbocycles. The summed E-state index contributed by atoms with van der Waals surface area (Å²) in [7, 11) is 0. The van der Waals surface area contributed by atoms with E-state index in [9.17, 15) is 19.2 Å². The van der Waals surface area contributed by atoms with Gasteiger partial charge in [-0.05, 0) is 49.4 Å². The van der Waals surface area contributed by atoms with Crippen LogP contribution < -0.4 is 19.7 Å². The predicted molar refractivity (Wildman–Crippen MR) is 131 cm³/mol. The minimum atomic E-state index is -1.04. The highest BCUT2D eigenvalue weighted by atomic mass is 16.5. The second kappa shape index (κ2) is 9.53. The van der Waals surface area contributed by atoms with Crippen LogP contribution in [0.4, 0.5) is 11.4 Å². The average molecular weight is 485 g/mol. The van der Waals surface area contributed by atoms with Crippen LogP contribution in [0, 0.1) is 0 Å². The van der Waals surface area contributed by atoms with Crippen molar-refractivity contribution in [2.24, 2.45) is 0 Å². The summed E-state index contributed by atoms with van der Waals surface area (Å²) in [5, 5.41) is 2.74. The van der Waals surface area contributed by atoms with Crippen molar-refractivity contribution in [3.05, 3.63) is 83.9 Å². The van der Waals surface area contributed by atoms with E-state index in [2.05, 4.69) is 5.32 Å². The average Bonchev–Trinajstić information content (AvgIpc) is 3.15. The Hall–Kier alpha value is -4.66. The van der Waals surface area contributed by atoms with Crippen molar-refractivity contribution < 1.29 is 28.7 Å². The zero-order valence-corrected chi connectivity index (χ0v) is 19.5. The molecule has 2 heterocycles. The van der Waals surface area contributed by atoms with E-state index in [0.29, 0.717) is 22.9 Å². The molecule has 2 aliphatic heterocycles. The summed E-state index contributed by atoms with van der Waals surface area (Å²) in [5.41, 5.74) is 1.45. The molecule has 0 radical (unpaired) electrons. The standard InChI is InChI=1S/C27H23N3O6/c1-17(30-26(33)20-9-5-6-10-21(20)27(30)34)25(32)28-18-11-12-23-22(15-18)29(24(31)16-36-23)13-14-35-19-7-3-2-4-8-19/h2-12,15,17H,13-14,16H2,1H3,(H,28,32). The Balaban J connectivity index is 1.29. The summed E-state index contributed by atoms with van der Waals surface area (Å²) >= 11 is 0. The van der Waals surface area contributed by atoms with Gasteiger partial charge in [0.05, 0.1) is 23.4 Å². The van der Waals surface area contributed by atoms with Crippen LogP contribution in [0.3, 0.4) is 0 Å². The minimum absolute atomic E-state index is 0.0964. The van der Waals surface area contributed by atoms with Gasteiger partial charge in [-0.2, -0.15) is 0 Å². The Bertz CT molecular complexity index is 1320. The highest BCUT2D eigenvalue weighted by molar-refractivity contribution is 6.23. The number of hydrogen-bond donors (Lipinski definition) is 1. The molecule has 2 aliphatic rings. The Labute approximate surface area is 207 Å². The molecule has 0 aromatic heterocycles. The number of ether oxygens (including phenoxy) is 2. The second-order valence-electron chi connectivity index (χ2n) is 8.37. The molecule has 9 nitrogen and oxygen atoms in total. The fourth-order valence-corrected chi connectivity index (χ4v) is 4.22. The van der Waals surface area contributed by atoms with E-state index < -0.39 is 23.8 Å². The molecule has 0 bridgehead atoms. The maximum atomic E-state index is 13.0. The lowest BCUT2D eigenvalue weighted by atomic mass is 10.1. The van der Waals surface area contributed by atoms with Crippen LogP contribution in [-0.2, 0) is 9.59 Å². The van der Waals surface area contributed by atoms with Gasteiger partial charge in [0.2, 0.25) is 5.91 Å². The second-order valence-corrected chi connectivity index (χ2v) is 8.37. The number of para-hydroxylation sites is 1. The van der Waals surface area contributed by atoms with Crippen molar-refractivity contribution in [3.8, 4) is 11.5 Å². The summed E-state index contributed by atoms with van der Waals surface area (Å²) in [4.78, 5) is 53.5. The van der Waals surface area contributed by atoms with Gasteiger partial charge in [0.1, 0.15) is 24.1 Å². The molecule has 3 aromatic rings. The lowest BCUT2D eigenvalue weighted by Gasteiger charge is -2.30. The molecule has 5 rings (SSSR count). The van der Waals surface area contributed by atoms with Crippen molar-refractivity contribution in [1.82, 2.24) is 4.90 Å². The van der Waals surface area contributed by atoms with E-state index in [1.165, 1.54) is 6.92 Å². The Morgan fingerprint density at radius 1 is 0.972 bits per heavy atom. The van der Waals surface area contributed by atoms with E-state index in [4.69, 9.17) is 9.47 Å². The number of amides is 4. The molecule has 36 heavy (non-hydrogen) atoms. The topological polar surface area (TPSA) is 105 Å². The molecule has 0 aliphatic carbocycles. The third-order valence-corrected chi connectivity index (χ3v) is 6.09. The van der Waals surface area contributed by atoms with E-state index in [-0.39, 0.29) is 36.8 Å². The van der Waals surface area contributed by atoms with Gasteiger partial charge in [-0.3, -0.25) is 24.1 Å². The van der Waals surface area contributed by atoms with Crippen molar-refractivity contribution in [2.45, 2.75) is 13.0 Å². The van der Waals surface area contributed by atoms with Crippen molar-refractivity contribution in [2.75, 3.05) is 30.0 Å². The molecule has 4 amide bonds. The monoisotopic (exact) mass is 485 g/mol. The maximum Gasteiger partial charge on any atom is 0.265 e. The number of nitrogens with one attached hydrogen (secondary N) is 1. The van der Waals surface area contributed by atoms with Gasteiger partial charge in [0, 0.05) is 5.69 Å². The van der Waals surface area contributed by atoms with Gasteiger partial charge in [0.15, 0.2) is 6.61 Å². The van der Waals surface area contributed by atoms with E-state index in [1.807, 2.05) is 30.3 Å². The highest BCUT2D eigenvalue weighted by Crippen LogP contribution is 2.35. The van der Waals surface area contributed by atoms with Crippen LogP contribution in [0.5, 0.6) is 11.5 Å². The fraction of sp³-hybridized carbons (Fsp3) is 0.185. The zero-order chi connectivity index (χ0) is 25.2. The van der Waals surface area contributed by atoms with Crippen LogP contribution >= 0.6 is 0 Å². The molecule has 0 saturated heterocycles. The Morgan fingerprint density at radius 3 is 2.33 bits per heavy atom. The molecule has 0 fully saturated rings. The highest BCUT2D eigenvalue weighted by Gasteiger charge is 2.40. The number of rotatable bonds is 7. The van der Waals surface area contributed by atoms with Crippen molar-refractivity contribution in [3.63, 3.8) is 0 Å². The molecule has 0 spiro atoms. The van der Waals surface area contributed by atoms with Crippen LogP contribution in [0.25, 0.3) is 0 Å². The summed E-state index contributed by atoms with van der Waals surface area (Å²) < 4.78 is 11.3. The quantitative estimate of drug-likeness (QED) is 0.516. The van der Waals surface area contributed by atoms with Gasteiger partial charge < -0.3 is 19.7 Å². The van der Waals surface area contributed by atoms with Crippen molar-refractivity contribution >= 4 is 35.0 Å². The van der Waals surface area contributed by atoms with Crippen LogP contribution in [0.2, 0.25) is 0 Å². The zero-order valence-electron chi connectivity index (χ0n) is 19.5. The van der Waals surface area contributed by atoms with Gasteiger partial charge in [-0.15, -0.1) is 0 Å². The number of anilines is 2. The molecule has 1 N–H and O–H groups in total. The number of carbonyl (C=O) groups is 4. The SMILES string of the molecule is CC(C(=O)Nc1ccc2c(c1)N(CCOc1ccccc1)C(=O)CO2)N1C(=O)c2ccccc2C1=O. The first-order valence-electron chi connectivity index (χ1n) is 11.5. The predicted octanol–water partition coefficient (Wildman–Crippen LogP) is 3.11. The molecule has 3 aromatic carbocycles. The normalized spacial score (nSPS) is 15.2. The van der Waals surface area contributed by atoms with Crippen molar-refractivity contribution in [1.29, 1.82) is 0 Å². The van der Waals surface area contributed by atoms with E-state index in [0.717, 1.165) is 4.90 Å². The van der Waals surface area contributed by atoms with Gasteiger partial charge in [-0.25, -0.2) is 0 Å². The molecular formula is C27H23N3O6. The third-order valence-electron chi connectivity index (χ3n) is 6.09. The molecule has 182 valence electrons. The fourth-order valence-electron chi connectivity index (χ4n) is 4.22. The summed E-state index contributed by atoms with van der Waals surface area (Å²) in [5.74, 6) is -0.588. The van der Waals surface area contributed by atoms with E-state index >= 15 is 0 Å². The Morgan fingerprint density at radius 2 is 1.64 bits per heavy atom. The molecule has 1 atom stereocenters. The number of imide groups is 1. The Kier molecular flexibility index (Phi) is 6.12. The van der Waals surface area contributed by atoms with Gasteiger partial charge in [0.25, 0.3) is 17.7 Å². The van der Waals surface area contributed by atoms with Gasteiger partial charge in [-0.1, -0.05) is 30.3 Å².